The molecule has 0 heterocycles. The molecule has 0 fully saturated rings. The van der Waals surface area contributed by atoms with Crippen LogP contribution in [0.2, 0.25) is 0 Å². The van der Waals surface area contributed by atoms with Crippen molar-refractivity contribution in [1.29, 1.82) is 0 Å². The quantitative estimate of drug-likeness (QED) is 0.484. The van der Waals surface area contributed by atoms with Crippen LogP contribution < -0.4 is 15.4 Å². The second kappa shape index (κ2) is 10.8. The van der Waals surface area contributed by atoms with Gasteiger partial charge in [-0.15, -0.1) is 0 Å². The van der Waals surface area contributed by atoms with Crippen LogP contribution in [0.1, 0.15) is 41.5 Å². The van der Waals surface area contributed by atoms with Gasteiger partial charge in [-0.2, -0.15) is 0 Å². The van der Waals surface area contributed by atoms with E-state index in [1.54, 1.807) is 48.5 Å². The van der Waals surface area contributed by atoms with Crippen molar-refractivity contribution in [1.82, 2.24) is 5.32 Å². The zero-order chi connectivity index (χ0) is 22.1. The normalized spacial score (nSPS) is 11.2. The number of rotatable bonds is 9. The molecule has 0 saturated heterocycles. The predicted octanol–water partition coefficient (Wildman–Crippen LogP) is 2.59. The van der Waals surface area contributed by atoms with Crippen LogP contribution in [0.15, 0.2) is 48.5 Å². The van der Waals surface area contributed by atoms with Crippen LogP contribution in [-0.4, -0.2) is 42.8 Å². The van der Waals surface area contributed by atoms with Crippen molar-refractivity contribution in [2.75, 3.05) is 18.5 Å². The SMILES string of the molecule is CCOc1ccc(C(=O)NCC(=O)O[C@@H](C)C(=O)Nc2ccc(C(C)=O)cc2)cc1. The lowest BCUT2D eigenvalue weighted by Gasteiger charge is -2.14. The van der Waals surface area contributed by atoms with Crippen LogP contribution in [0.4, 0.5) is 5.69 Å². The van der Waals surface area contributed by atoms with E-state index in [9.17, 15) is 19.2 Å². The minimum atomic E-state index is -1.06. The topological polar surface area (TPSA) is 111 Å². The van der Waals surface area contributed by atoms with Gasteiger partial charge in [-0.3, -0.25) is 19.2 Å². The van der Waals surface area contributed by atoms with Gasteiger partial charge in [0.2, 0.25) is 0 Å². The Balaban J connectivity index is 1.79. The van der Waals surface area contributed by atoms with Crippen molar-refractivity contribution >= 4 is 29.3 Å². The van der Waals surface area contributed by atoms with Crippen LogP contribution in [0, 0.1) is 0 Å². The van der Waals surface area contributed by atoms with Gasteiger partial charge in [0, 0.05) is 16.8 Å². The lowest BCUT2D eigenvalue weighted by Crippen LogP contribution is -2.35. The maximum Gasteiger partial charge on any atom is 0.326 e. The van der Waals surface area contributed by atoms with E-state index in [1.807, 2.05) is 6.92 Å². The second-order valence-corrected chi connectivity index (χ2v) is 6.39. The zero-order valence-corrected chi connectivity index (χ0v) is 17.1. The highest BCUT2D eigenvalue weighted by molar-refractivity contribution is 5.98. The Kier molecular flexibility index (Phi) is 8.10. The van der Waals surface area contributed by atoms with E-state index >= 15 is 0 Å². The molecule has 2 amide bonds. The number of carbonyl (C=O) groups is 4. The molecule has 1 atom stereocenters. The van der Waals surface area contributed by atoms with Crippen molar-refractivity contribution in [3.05, 3.63) is 59.7 Å². The number of carbonyl (C=O) groups excluding carboxylic acids is 4. The summed E-state index contributed by atoms with van der Waals surface area (Å²) in [5.74, 6) is -1.16. The van der Waals surface area contributed by atoms with Crippen molar-refractivity contribution in [2.45, 2.75) is 26.9 Å². The molecule has 0 saturated carbocycles. The standard InChI is InChI=1S/C22H24N2O6/c1-4-29-19-11-7-17(8-12-19)22(28)23-13-20(26)30-15(3)21(27)24-18-9-5-16(6-10-18)14(2)25/h5-12,15H,4,13H2,1-3H3,(H,23,28)(H,24,27)/t15-/m0/s1. The number of anilines is 1. The van der Waals surface area contributed by atoms with E-state index in [0.717, 1.165) is 0 Å². The van der Waals surface area contributed by atoms with Crippen LogP contribution in [0.3, 0.4) is 0 Å². The molecule has 0 aliphatic rings. The van der Waals surface area contributed by atoms with Gasteiger partial charge in [-0.25, -0.2) is 0 Å². The average Bonchev–Trinajstić information content (AvgIpc) is 2.73. The molecule has 2 aromatic carbocycles. The Labute approximate surface area is 174 Å². The van der Waals surface area contributed by atoms with Gasteiger partial charge < -0.3 is 20.1 Å². The molecule has 0 spiro atoms. The summed E-state index contributed by atoms with van der Waals surface area (Å²) in [5, 5.41) is 5.04. The highest BCUT2D eigenvalue weighted by atomic mass is 16.5. The summed E-state index contributed by atoms with van der Waals surface area (Å²) in [7, 11) is 0. The number of ether oxygens (including phenoxy) is 2. The van der Waals surface area contributed by atoms with E-state index in [4.69, 9.17) is 9.47 Å². The molecule has 0 radical (unpaired) electrons. The highest BCUT2D eigenvalue weighted by Gasteiger charge is 2.18. The third kappa shape index (κ3) is 6.73. The molecular formula is C22H24N2O6. The second-order valence-electron chi connectivity index (χ2n) is 6.39. The highest BCUT2D eigenvalue weighted by Crippen LogP contribution is 2.12. The van der Waals surface area contributed by atoms with Crippen molar-refractivity contribution in [3.63, 3.8) is 0 Å². The summed E-state index contributed by atoms with van der Waals surface area (Å²) >= 11 is 0. The first-order chi connectivity index (χ1) is 14.3. The lowest BCUT2D eigenvalue weighted by molar-refractivity contribution is -0.152. The molecule has 0 unspecified atom stereocenters. The Morgan fingerprint density at radius 2 is 1.53 bits per heavy atom. The van der Waals surface area contributed by atoms with Gasteiger partial charge in [0.15, 0.2) is 11.9 Å². The Hall–Kier alpha value is -3.68. The number of Topliss-reactive ketones (excluding diaryl/α,β-unsaturated/α-hetero) is 1. The van der Waals surface area contributed by atoms with Gasteiger partial charge in [0.25, 0.3) is 11.8 Å². The molecule has 8 heteroatoms. The molecule has 2 N–H and O–H groups in total. The van der Waals surface area contributed by atoms with Crippen LogP contribution in [-0.2, 0) is 14.3 Å². The summed E-state index contributed by atoms with van der Waals surface area (Å²) in [6.45, 7) is 4.87. The molecule has 0 bridgehead atoms. The molecule has 0 aromatic heterocycles. The van der Waals surface area contributed by atoms with Crippen molar-refractivity contribution in [3.8, 4) is 5.75 Å². The summed E-state index contributed by atoms with van der Waals surface area (Å²) in [6, 6.07) is 12.8. The number of nitrogens with one attached hydrogen (secondary N) is 2. The van der Waals surface area contributed by atoms with Gasteiger partial charge >= 0.3 is 5.97 Å². The summed E-state index contributed by atoms with van der Waals surface area (Å²) < 4.78 is 10.3. The maximum absolute atomic E-state index is 12.2. The zero-order valence-electron chi connectivity index (χ0n) is 17.1. The Morgan fingerprint density at radius 3 is 2.10 bits per heavy atom. The Bertz CT molecular complexity index is 906. The molecule has 30 heavy (non-hydrogen) atoms. The maximum atomic E-state index is 12.2. The van der Waals surface area contributed by atoms with E-state index < -0.39 is 23.9 Å². The fraction of sp³-hybridized carbons (Fsp3) is 0.273. The fourth-order valence-electron chi connectivity index (χ4n) is 2.45. The molecule has 2 aromatic rings. The smallest absolute Gasteiger partial charge is 0.326 e. The number of hydrogen-bond donors (Lipinski definition) is 2. The Morgan fingerprint density at radius 1 is 0.933 bits per heavy atom. The first kappa shape index (κ1) is 22.6. The average molecular weight is 412 g/mol. The third-order valence-electron chi connectivity index (χ3n) is 4.06. The van der Waals surface area contributed by atoms with Gasteiger partial charge in [-0.1, -0.05) is 0 Å². The summed E-state index contributed by atoms with van der Waals surface area (Å²) in [5.41, 5.74) is 1.36. The molecule has 158 valence electrons. The van der Waals surface area contributed by atoms with Crippen molar-refractivity contribution in [2.24, 2.45) is 0 Å². The number of benzene rings is 2. The van der Waals surface area contributed by atoms with Gasteiger partial charge in [-0.05, 0) is 69.3 Å². The van der Waals surface area contributed by atoms with E-state index in [1.165, 1.54) is 13.8 Å². The number of ketones is 1. The number of amides is 2. The van der Waals surface area contributed by atoms with E-state index in [2.05, 4.69) is 10.6 Å². The first-order valence-electron chi connectivity index (χ1n) is 9.42. The number of hydrogen-bond acceptors (Lipinski definition) is 6. The first-order valence-corrected chi connectivity index (χ1v) is 9.42. The van der Waals surface area contributed by atoms with Crippen LogP contribution >= 0.6 is 0 Å². The van der Waals surface area contributed by atoms with E-state index in [-0.39, 0.29) is 12.3 Å². The van der Waals surface area contributed by atoms with Crippen LogP contribution in [0.25, 0.3) is 0 Å². The molecule has 0 aliphatic carbocycles. The molecule has 2 rings (SSSR count). The molecular weight excluding hydrogens is 388 g/mol. The monoisotopic (exact) mass is 412 g/mol. The molecule has 8 nitrogen and oxygen atoms in total. The van der Waals surface area contributed by atoms with Gasteiger partial charge in [0.05, 0.1) is 6.61 Å². The van der Waals surface area contributed by atoms with Crippen LogP contribution in [0.5, 0.6) is 5.75 Å². The minimum Gasteiger partial charge on any atom is -0.494 e. The lowest BCUT2D eigenvalue weighted by atomic mass is 10.1. The summed E-state index contributed by atoms with van der Waals surface area (Å²) in [4.78, 5) is 47.4. The summed E-state index contributed by atoms with van der Waals surface area (Å²) in [6.07, 6.45) is -1.06. The molecule has 0 aliphatic heterocycles. The third-order valence-corrected chi connectivity index (χ3v) is 4.06. The van der Waals surface area contributed by atoms with E-state index in [0.29, 0.717) is 29.2 Å². The predicted molar refractivity (Wildman–Crippen MR) is 111 cm³/mol. The van der Waals surface area contributed by atoms with Gasteiger partial charge in [0.1, 0.15) is 12.3 Å². The minimum absolute atomic E-state index is 0.0811. The van der Waals surface area contributed by atoms with Crippen molar-refractivity contribution < 1.29 is 28.7 Å². The number of esters is 1. The fourth-order valence-corrected chi connectivity index (χ4v) is 2.45. The largest absolute Gasteiger partial charge is 0.494 e.